The van der Waals surface area contributed by atoms with Crippen molar-refractivity contribution in [2.24, 2.45) is 0 Å². The number of nitrogens with zero attached hydrogens (tertiary/aromatic N) is 1. The average molecular weight is 303 g/mol. The van der Waals surface area contributed by atoms with E-state index in [9.17, 15) is 4.79 Å². The Morgan fingerprint density at radius 1 is 1.33 bits per heavy atom. The topological polar surface area (TPSA) is 36.1 Å². The molecule has 1 aliphatic rings. The van der Waals surface area contributed by atoms with Crippen molar-refractivity contribution in [1.29, 1.82) is 0 Å². The first kappa shape index (κ1) is 14.2. The van der Waals surface area contributed by atoms with Crippen molar-refractivity contribution < 1.29 is 4.79 Å². The molecule has 0 aliphatic carbocycles. The van der Waals surface area contributed by atoms with Gasteiger partial charge in [0.2, 0.25) is 0 Å². The van der Waals surface area contributed by atoms with Gasteiger partial charge in [0.1, 0.15) is 5.69 Å². The highest BCUT2D eigenvalue weighted by Gasteiger charge is 2.29. The Balaban J connectivity index is 1.64. The van der Waals surface area contributed by atoms with Crippen molar-refractivity contribution in [1.82, 2.24) is 9.88 Å². The van der Waals surface area contributed by atoms with Crippen molar-refractivity contribution in [2.75, 3.05) is 6.54 Å². The number of hydrogen-bond donors (Lipinski definition) is 1. The van der Waals surface area contributed by atoms with Crippen LogP contribution in [0.15, 0.2) is 42.6 Å². The second kappa shape index (κ2) is 6.35. The predicted molar refractivity (Wildman–Crippen MR) is 84.6 cm³/mol. The molecule has 1 aliphatic heterocycles. The molecule has 0 spiro atoms. The maximum absolute atomic E-state index is 12.5. The van der Waals surface area contributed by atoms with Gasteiger partial charge in [0.25, 0.3) is 5.91 Å². The van der Waals surface area contributed by atoms with E-state index in [1.807, 2.05) is 11.0 Å². The number of hydrogen-bond acceptors (Lipinski definition) is 1. The van der Waals surface area contributed by atoms with Crippen LogP contribution >= 0.6 is 11.6 Å². The van der Waals surface area contributed by atoms with Crippen LogP contribution in [-0.2, 0) is 6.42 Å². The summed E-state index contributed by atoms with van der Waals surface area (Å²) in [6, 6.07) is 12.5. The fourth-order valence-electron chi connectivity index (χ4n) is 3.03. The zero-order valence-corrected chi connectivity index (χ0v) is 12.6. The van der Waals surface area contributed by atoms with Gasteiger partial charge in [-0.3, -0.25) is 4.79 Å². The van der Waals surface area contributed by atoms with Crippen LogP contribution in [0.4, 0.5) is 0 Å². The zero-order chi connectivity index (χ0) is 14.7. The van der Waals surface area contributed by atoms with E-state index in [1.54, 1.807) is 12.3 Å². The molecule has 1 fully saturated rings. The molecule has 2 aromatic rings. The molecule has 2 heterocycles. The van der Waals surface area contributed by atoms with Gasteiger partial charge >= 0.3 is 0 Å². The number of rotatable bonds is 4. The molecule has 3 rings (SSSR count). The van der Waals surface area contributed by atoms with Gasteiger partial charge in [-0.05, 0) is 37.3 Å². The lowest BCUT2D eigenvalue weighted by Crippen LogP contribution is -2.36. The molecule has 0 saturated carbocycles. The van der Waals surface area contributed by atoms with E-state index in [0.717, 1.165) is 32.2 Å². The Bertz CT molecular complexity index is 608. The van der Waals surface area contributed by atoms with Gasteiger partial charge < -0.3 is 9.88 Å². The molecule has 3 nitrogen and oxygen atoms in total. The third-order valence-corrected chi connectivity index (χ3v) is 4.34. The second-order valence-corrected chi connectivity index (χ2v) is 5.99. The van der Waals surface area contributed by atoms with Gasteiger partial charge in [0, 0.05) is 18.8 Å². The maximum Gasteiger partial charge on any atom is 0.270 e. The number of nitrogens with one attached hydrogen (secondary N) is 1. The summed E-state index contributed by atoms with van der Waals surface area (Å²) in [5.41, 5.74) is 1.92. The number of aromatic nitrogens is 1. The Hall–Kier alpha value is -1.74. The number of halogens is 1. The first-order chi connectivity index (χ1) is 10.2. The van der Waals surface area contributed by atoms with E-state index >= 15 is 0 Å². The Kier molecular flexibility index (Phi) is 4.30. The molecule has 1 unspecified atom stereocenters. The van der Waals surface area contributed by atoms with Crippen LogP contribution in [0.5, 0.6) is 0 Å². The number of carbonyl (C=O) groups excluding carboxylic acids is 1. The van der Waals surface area contributed by atoms with E-state index in [1.165, 1.54) is 5.56 Å². The second-order valence-electron chi connectivity index (χ2n) is 5.55. The summed E-state index contributed by atoms with van der Waals surface area (Å²) in [5, 5.41) is 0.582. The van der Waals surface area contributed by atoms with E-state index in [4.69, 9.17) is 11.6 Å². The number of aromatic amines is 1. The molecule has 1 amide bonds. The van der Waals surface area contributed by atoms with Crippen molar-refractivity contribution >= 4 is 17.5 Å². The molecule has 1 atom stereocenters. The largest absolute Gasteiger partial charge is 0.356 e. The molecule has 21 heavy (non-hydrogen) atoms. The molecule has 0 radical (unpaired) electrons. The van der Waals surface area contributed by atoms with Crippen LogP contribution in [0.25, 0.3) is 0 Å². The zero-order valence-electron chi connectivity index (χ0n) is 11.9. The predicted octanol–water partition coefficient (Wildman–Crippen LogP) is 3.91. The lowest BCUT2D eigenvalue weighted by Gasteiger charge is -2.24. The quantitative estimate of drug-likeness (QED) is 0.913. The lowest BCUT2D eigenvalue weighted by molar-refractivity contribution is 0.0725. The Morgan fingerprint density at radius 2 is 2.14 bits per heavy atom. The first-order valence-electron chi connectivity index (χ1n) is 7.43. The number of aryl methyl sites for hydroxylation is 1. The number of carbonyl (C=O) groups is 1. The number of likely N-dealkylation sites (tertiary alicyclic amines) is 1. The summed E-state index contributed by atoms with van der Waals surface area (Å²) < 4.78 is 0. The number of benzene rings is 1. The van der Waals surface area contributed by atoms with Crippen LogP contribution in [0.1, 0.15) is 35.3 Å². The van der Waals surface area contributed by atoms with Gasteiger partial charge in [-0.2, -0.15) is 0 Å². The minimum atomic E-state index is 0.0671. The van der Waals surface area contributed by atoms with Crippen LogP contribution in [0.2, 0.25) is 5.02 Å². The Morgan fingerprint density at radius 3 is 2.86 bits per heavy atom. The SMILES string of the molecule is O=C(c1cc(Cl)c[nH]1)N1CCCC1CCc1ccccc1. The summed E-state index contributed by atoms with van der Waals surface area (Å²) in [4.78, 5) is 17.5. The lowest BCUT2D eigenvalue weighted by atomic mass is 10.0. The summed E-state index contributed by atoms with van der Waals surface area (Å²) >= 11 is 5.89. The molecular weight excluding hydrogens is 284 g/mol. The summed E-state index contributed by atoms with van der Waals surface area (Å²) in [7, 11) is 0. The minimum Gasteiger partial charge on any atom is -0.356 e. The van der Waals surface area contributed by atoms with E-state index < -0.39 is 0 Å². The highest BCUT2D eigenvalue weighted by molar-refractivity contribution is 6.30. The van der Waals surface area contributed by atoms with Crippen LogP contribution in [0, 0.1) is 0 Å². The van der Waals surface area contributed by atoms with Crippen molar-refractivity contribution in [3.8, 4) is 0 Å². The van der Waals surface area contributed by atoms with Gasteiger partial charge in [-0.25, -0.2) is 0 Å². The molecular formula is C17H19ClN2O. The normalized spacial score (nSPS) is 18.1. The van der Waals surface area contributed by atoms with E-state index in [0.29, 0.717) is 16.8 Å². The van der Waals surface area contributed by atoms with E-state index in [-0.39, 0.29) is 5.91 Å². The monoisotopic (exact) mass is 302 g/mol. The van der Waals surface area contributed by atoms with Crippen molar-refractivity contribution in [3.05, 3.63) is 58.9 Å². The summed E-state index contributed by atoms with van der Waals surface area (Å²) in [6.07, 6.45) is 5.86. The van der Waals surface area contributed by atoms with E-state index in [2.05, 4.69) is 29.2 Å². The highest BCUT2D eigenvalue weighted by atomic mass is 35.5. The molecule has 1 N–H and O–H groups in total. The van der Waals surface area contributed by atoms with Gasteiger partial charge in [-0.1, -0.05) is 41.9 Å². The molecule has 110 valence electrons. The third-order valence-electron chi connectivity index (χ3n) is 4.13. The molecule has 4 heteroatoms. The molecule has 1 saturated heterocycles. The smallest absolute Gasteiger partial charge is 0.270 e. The Labute approximate surface area is 129 Å². The maximum atomic E-state index is 12.5. The van der Waals surface area contributed by atoms with Gasteiger partial charge in [0.15, 0.2) is 0 Å². The number of H-pyrrole nitrogens is 1. The minimum absolute atomic E-state index is 0.0671. The van der Waals surface area contributed by atoms with Gasteiger partial charge in [-0.15, -0.1) is 0 Å². The summed E-state index contributed by atoms with van der Waals surface area (Å²) in [5.74, 6) is 0.0671. The standard InChI is InChI=1S/C17H19ClN2O/c18-14-11-16(19-12-14)17(21)20-10-4-7-15(20)9-8-13-5-2-1-3-6-13/h1-3,5-6,11-12,15,19H,4,7-10H2. The van der Waals surface area contributed by atoms with Crippen molar-refractivity contribution in [3.63, 3.8) is 0 Å². The third kappa shape index (κ3) is 3.30. The van der Waals surface area contributed by atoms with Crippen LogP contribution < -0.4 is 0 Å². The van der Waals surface area contributed by atoms with Crippen LogP contribution in [0.3, 0.4) is 0 Å². The van der Waals surface area contributed by atoms with Crippen LogP contribution in [-0.4, -0.2) is 28.4 Å². The average Bonchev–Trinajstić information content (AvgIpc) is 3.14. The fourth-order valence-corrected chi connectivity index (χ4v) is 3.19. The molecule has 0 bridgehead atoms. The summed E-state index contributed by atoms with van der Waals surface area (Å²) in [6.45, 7) is 0.842. The first-order valence-corrected chi connectivity index (χ1v) is 7.80. The fraction of sp³-hybridized carbons (Fsp3) is 0.353. The highest BCUT2D eigenvalue weighted by Crippen LogP contribution is 2.24. The molecule has 1 aromatic carbocycles. The van der Waals surface area contributed by atoms with Crippen molar-refractivity contribution in [2.45, 2.75) is 31.7 Å². The number of amides is 1. The van der Waals surface area contributed by atoms with Gasteiger partial charge in [0.05, 0.1) is 5.02 Å². The molecule has 1 aromatic heterocycles.